The number of nitrogens with zero attached hydrogens (tertiary/aromatic N) is 5. The summed E-state index contributed by atoms with van der Waals surface area (Å²) < 4.78 is 7.30. The van der Waals surface area contributed by atoms with Crippen molar-refractivity contribution in [2.24, 2.45) is 0 Å². The van der Waals surface area contributed by atoms with Gasteiger partial charge in [0, 0.05) is 18.8 Å². The minimum absolute atomic E-state index is 0.472. The number of hydrogen-bond donors (Lipinski definition) is 1. The highest BCUT2D eigenvalue weighted by Crippen LogP contribution is 2.11. The summed E-state index contributed by atoms with van der Waals surface area (Å²) in [5, 5.41) is 11.0. The molecule has 92 valence electrons. The van der Waals surface area contributed by atoms with Crippen molar-refractivity contribution in [3.63, 3.8) is 0 Å². The summed E-state index contributed by atoms with van der Waals surface area (Å²) in [6, 6.07) is 0. The molecule has 0 aromatic carbocycles. The summed E-state index contributed by atoms with van der Waals surface area (Å²) in [6.07, 6.45) is 7.68. The first-order chi connectivity index (χ1) is 8.86. The van der Waals surface area contributed by atoms with Crippen LogP contribution in [0.4, 0.5) is 5.82 Å². The van der Waals surface area contributed by atoms with Gasteiger partial charge in [-0.1, -0.05) is 6.92 Å². The van der Waals surface area contributed by atoms with Gasteiger partial charge >= 0.3 is 0 Å². The summed E-state index contributed by atoms with van der Waals surface area (Å²) in [5.74, 6) is 2.17. The van der Waals surface area contributed by atoms with Gasteiger partial charge in [-0.2, -0.15) is 0 Å². The van der Waals surface area contributed by atoms with E-state index in [0.717, 1.165) is 12.2 Å². The quantitative estimate of drug-likeness (QED) is 0.744. The largest absolute Gasteiger partial charge is 0.444 e. The number of aromatic nitrogens is 5. The summed E-state index contributed by atoms with van der Waals surface area (Å²) >= 11 is 0. The van der Waals surface area contributed by atoms with E-state index in [1.165, 1.54) is 0 Å². The summed E-state index contributed by atoms with van der Waals surface area (Å²) in [6.45, 7) is 2.50. The topological polar surface area (TPSA) is 81.1 Å². The van der Waals surface area contributed by atoms with E-state index in [0.29, 0.717) is 23.9 Å². The summed E-state index contributed by atoms with van der Waals surface area (Å²) in [4.78, 5) is 8.39. The van der Waals surface area contributed by atoms with Crippen LogP contribution in [0.25, 0.3) is 5.65 Å². The molecule has 0 atom stereocenters. The van der Waals surface area contributed by atoms with E-state index in [1.807, 2.05) is 6.92 Å². The maximum Gasteiger partial charge on any atom is 0.213 e. The Balaban J connectivity index is 1.78. The molecule has 0 aliphatic heterocycles. The van der Waals surface area contributed by atoms with Gasteiger partial charge in [-0.3, -0.25) is 4.40 Å². The van der Waals surface area contributed by atoms with Gasteiger partial charge in [0.15, 0.2) is 5.82 Å². The van der Waals surface area contributed by atoms with Crippen LogP contribution in [-0.2, 0) is 13.0 Å². The molecule has 1 N–H and O–H groups in total. The van der Waals surface area contributed by atoms with Crippen molar-refractivity contribution < 1.29 is 4.42 Å². The number of anilines is 1. The fourth-order valence-electron chi connectivity index (χ4n) is 1.64. The van der Waals surface area contributed by atoms with Crippen molar-refractivity contribution in [2.75, 3.05) is 5.32 Å². The molecule has 3 heterocycles. The molecule has 7 heteroatoms. The molecule has 0 saturated carbocycles. The fourth-order valence-corrected chi connectivity index (χ4v) is 1.64. The molecule has 0 aliphatic rings. The maximum absolute atomic E-state index is 5.50. The first-order valence-electron chi connectivity index (χ1n) is 5.68. The zero-order valence-electron chi connectivity index (χ0n) is 9.87. The number of fused-ring (bicyclic) bond motifs is 1. The van der Waals surface area contributed by atoms with E-state index in [-0.39, 0.29) is 0 Å². The van der Waals surface area contributed by atoms with Crippen molar-refractivity contribution in [1.82, 2.24) is 24.6 Å². The van der Waals surface area contributed by atoms with Crippen molar-refractivity contribution >= 4 is 11.5 Å². The van der Waals surface area contributed by atoms with Crippen molar-refractivity contribution in [2.45, 2.75) is 19.9 Å². The van der Waals surface area contributed by atoms with Crippen LogP contribution in [0, 0.1) is 0 Å². The van der Waals surface area contributed by atoms with Crippen LogP contribution in [0.5, 0.6) is 0 Å². The molecule has 18 heavy (non-hydrogen) atoms. The third kappa shape index (κ3) is 1.90. The number of hydrogen-bond acceptors (Lipinski definition) is 6. The van der Waals surface area contributed by atoms with Crippen LogP contribution >= 0.6 is 0 Å². The maximum atomic E-state index is 5.50. The van der Waals surface area contributed by atoms with Gasteiger partial charge in [-0.25, -0.2) is 9.97 Å². The van der Waals surface area contributed by atoms with Gasteiger partial charge in [-0.05, 0) is 0 Å². The van der Waals surface area contributed by atoms with Gasteiger partial charge in [-0.15, -0.1) is 10.2 Å². The van der Waals surface area contributed by atoms with E-state index in [1.54, 1.807) is 29.3 Å². The number of oxazole rings is 1. The summed E-state index contributed by atoms with van der Waals surface area (Å²) in [7, 11) is 0. The Morgan fingerprint density at radius 3 is 3.17 bits per heavy atom. The zero-order valence-corrected chi connectivity index (χ0v) is 9.87. The molecule has 0 bridgehead atoms. The van der Waals surface area contributed by atoms with Crippen molar-refractivity contribution in [3.05, 3.63) is 36.6 Å². The Morgan fingerprint density at radius 2 is 2.33 bits per heavy atom. The van der Waals surface area contributed by atoms with Crippen LogP contribution in [0.1, 0.15) is 18.6 Å². The SMILES string of the molecule is CCc1cnc(CNc2nccn3cnnc23)o1. The second-order valence-corrected chi connectivity index (χ2v) is 3.77. The van der Waals surface area contributed by atoms with Crippen LogP contribution < -0.4 is 5.32 Å². The highest BCUT2D eigenvalue weighted by Gasteiger charge is 2.06. The lowest BCUT2D eigenvalue weighted by Gasteiger charge is -2.03. The Labute approximate surface area is 103 Å². The molecular formula is C11H12N6O. The lowest BCUT2D eigenvalue weighted by atomic mass is 10.4. The predicted octanol–water partition coefficient (Wildman–Crippen LogP) is 1.29. The first-order valence-corrected chi connectivity index (χ1v) is 5.68. The molecule has 0 fully saturated rings. The predicted molar refractivity (Wildman–Crippen MR) is 64.0 cm³/mol. The average Bonchev–Trinajstić information content (AvgIpc) is 3.05. The van der Waals surface area contributed by atoms with Gasteiger partial charge in [0.25, 0.3) is 0 Å². The van der Waals surface area contributed by atoms with Crippen LogP contribution in [0.15, 0.2) is 29.3 Å². The molecule has 0 spiro atoms. The number of aryl methyl sites for hydroxylation is 1. The molecule has 3 aromatic rings. The van der Waals surface area contributed by atoms with E-state index in [4.69, 9.17) is 4.42 Å². The van der Waals surface area contributed by atoms with E-state index >= 15 is 0 Å². The molecule has 0 unspecified atom stereocenters. The lowest BCUT2D eigenvalue weighted by Crippen LogP contribution is -2.03. The Kier molecular flexibility index (Phi) is 2.64. The van der Waals surface area contributed by atoms with Crippen LogP contribution in [-0.4, -0.2) is 24.6 Å². The van der Waals surface area contributed by atoms with Crippen molar-refractivity contribution in [3.8, 4) is 0 Å². The zero-order chi connectivity index (χ0) is 12.4. The van der Waals surface area contributed by atoms with Gasteiger partial charge in [0.05, 0.1) is 12.7 Å². The van der Waals surface area contributed by atoms with Crippen LogP contribution in [0.3, 0.4) is 0 Å². The molecule has 0 aliphatic carbocycles. The molecule has 0 saturated heterocycles. The third-order valence-corrected chi connectivity index (χ3v) is 2.57. The lowest BCUT2D eigenvalue weighted by molar-refractivity contribution is 0.465. The minimum Gasteiger partial charge on any atom is -0.444 e. The Morgan fingerprint density at radius 1 is 1.39 bits per heavy atom. The minimum atomic E-state index is 0.472. The Hall–Kier alpha value is -2.44. The standard InChI is InChI=1S/C11H12N6O/c1-2-8-5-13-9(18-8)6-14-10-11-16-15-7-17(11)4-3-12-10/h3-5,7H,2,6H2,1H3,(H,12,14). The van der Waals surface area contributed by atoms with Gasteiger partial charge in [0.1, 0.15) is 12.1 Å². The van der Waals surface area contributed by atoms with Crippen molar-refractivity contribution in [1.29, 1.82) is 0 Å². The second kappa shape index (κ2) is 4.44. The van der Waals surface area contributed by atoms with Gasteiger partial charge in [0.2, 0.25) is 11.5 Å². The highest BCUT2D eigenvalue weighted by atomic mass is 16.4. The molecule has 3 rings (SSSR count). The van der Waals surface area contributed by atoms with E-state index in [2.05, 4.69) is 25.5 Å². The fraction of sp³-hybridized carbons (Fsp3) is 0.273. The monoisotopic (exact) mass is 244 g/mol. The van der Waals surface area contributed by atoms with E-state index < -0.39 is 0 Å². The first kappa shape index (κ1) is 10.7. The molecular weight excluding hydrogens is 232 g/mol. The molecule has 3 aromatic heterocycles. The second-order valence-electron chi connectivity index (χ2n) is 3.77. The third-order valence-electron chi connectivity index (χ3n) is 2.57. The molecule has 7 nitrogen and oxygen atoms in total. The smallest absolute Gasteiger partial charge is 0.213 e. The Bertz CT molecular complexity index is 658. The number of rotatable bonds is 4. The normalized spacial score (nSPS) is 10.9. The number of nitrogens with one attached hydrogen (secondary N) is 1. The van der Waals surface area contributed by atoms with E-state index in [9.17, 15) is 0 Å². The van der Waals surface area contributed by atoms with Crippen LogP contribution in [0.2, 0.25) is 0 Å². The average molecular weight is 244 g/mol. The summed E-state index contributed by atoms with van der Waals surface area (Å²) in [5.41, 5.74) is 0.680. The molecule has 0 amide bonds. The highest BCUT2D eigenvalue weighted by molar-refractivity contribution is 5.61. The van der Waals surface area contributed by atoms with Gasteiger partial charge < -0.3 is 9.73 Å². The molecule has 0 radical (unpaired) electrons.